The van der Waals surface area contributed by atoms with Crippen LogP contribution in [0.1, 0.15) is 23.2 Å². The molecule has 6 heteroatoms. The molecule has 2 heterocycles. The van der Waals surface area contributed by atoms with Crippen molar-refractivity contribution >= 4 is 11.7 Å². The molecule has 1 aliphatic rings. The zero-order valence-corrected chi connectivity index (χ0v) is 14.6. The number of hydrogen-bond acceptors (Lipinski definition) is 5. The van der Waals surface area contributed by atoms with Gasteiger partial charge in [0.25, 0.3) is 5.91 Å². The molecule has 6 nitrogen and oxygen atoms in total. The number of hydrogen-bond donors (Lipinski definition) is 1. The van der Waals surface area contributed by atoms with Crippen molar-refractivity contribution in [3.8, 4) is 11.5 Å². The van der Waals surface area contributed by atoms with E-state index in [1.165, 1.54) is 0 Å². The predicted molar refractivity (Wildman–Crippen MR) is 96.3 cm³/mol. The molecule has 0 spiro atoms. The third-order valence-corrected chi connectivity index (χ3v) is 4.44. The number of nitrogens with zero attached hydrogens (tertiary/aromatic N) is 2. The lowest BCUT2D eigenvalue weighted by molar-refractivity contribution is 0.0718. The van der Waals surface area contributed by atoms with E-state index in [4.69, 9.17) is 9.47 Å². The van der Waals surface area contributed by atoms with E-state index in [0.29, 0.717) is 11.6 Å². The molecule has 1 saturated heterocycles. The molecule has 0 saturated carbocycles. The van der Waals surface area contributed by atoms with Crippen molar-refractivity contribution in [2.45, 2.75) is 18.9 Å². The summed E-state index contributed by atoms with van der Waals surface area (Å²) in [5.41, 5.74) is 0.696. The number of methoxy groups -OCH3 is 2. The number of ether oxygens (including phenoxy) is 2. The number of carbonyl (C=O) groups excluding carboxylic acids is 1. The van der Waals surface area contributed by atoms with Gasteiger partial charge >= 0.3 is 0 Å². The molecule has 132 valence electrons. The highest BCUT2D eigenvalue weighted by atomic mass is 16.5. The number of pyridine rings is 1. The van der Waals surface area contributed by atoms with Crippen LogP contribution in [0.25, 0.3) is 0 Å². The summed E-state index contributed by atoms with van der Waals surface area (Å²) in [5.74, 6) is 2.41. The molecule has 0 aliphatic carbocycles. The molecule has 1 amide bonds. The Morgan fingerprint density at radius 3 is 2.40 bits per heavy atom. The summed E-state index contributed by atoms with van der Waals surface area (Å²) in [6.45, 7) is 1.46. The zero-order valence-electron chi connectivity index (χ0n) is 14.6. The van der Waals surface area contributed by atoms with Gasteiger partial charge in [0, 0.05) is 37.0 Å². The second-order valence-corrected chi connectivity index (χ2v) is 6.02. The summed E-state index contributed by atoms with van der Waals surface area (Å²) in [5, 5.41) is 3.42. The summed E-state index contributed by atoms with van der Waals surface area (Å²) in [7, 11) is 3.26. The standard InChI is InChI=1S/C19H23N3O3/c1-24-16-5-3-14(4-6-16)19(23)22-11-8-15(9-12-22)21-18-13-17(25-2)7-10-20-18/h3-7,10,13,15H,8-9,11-12H2,1-2H3,(H,20,21). The molecule has 25 heavy (non-hydrogen) atoms. The Hall–Kier alpha value is -2.76. The van der Waals surface area contributed by atoms with Gasteiger partial charge in [-0.2, -0.15) is 0 Å². The van der Waals surface area contributed by atoms with Gasteiger partial charge in [0.15, 0.2) is 0 Å². The van der Waals surface area contributed by atoms with Crippen molar-refractivity contribution in [1.82, 2.24) is 9.88 Å². The summed E-state index contributed by atoms with van der Waals surface area (Å²) < 4.78 is 10.3. The van der Waals surface area contributed by atoms with E-state index in [-0.39, 0.29) is 5.91 Å². The van der Waals surface area contributed by atoms with E-state index in [1.807, 2.05) is 41.3 Å². The molecule has 0 atom stereocenters. The number of rotatable bonds is 5. The van der Waals surface area contributed by atoms with Crippen LogP contribution in [0, 0.1) is 0 Å². The first-order valence-electron chi connectivity index (χ1n) is 8.39. The Morgan fingerprint density at radius 1 is 1.08 bits per heavy atom. The van der Waals surface area contributed by atoms with E-state index in [0.717, 1.165) is 43.2 Å². The molecule has 3 rings (SSSR count). The molecule has 1 fully saturated rings. The lowest BCUT2D eigenvalue weighted by Crippen LogP contribution is -2.42. The van der Waals surface area contributed by atoms with Crippen LogP contribution in [-0.4, -0.2) is 49.1 Å². The van der Waals surface area contributed by atoms with E-state index in [1.54, 1.807) is 20.4 Å². The SMILES string of the molecule is COc1ccc(C(=O)N2CCC(Nc3cc(OC)ccn3)CC2)cc1. The minimum absolute atomic E-state index is 0.0700. The predicted octanol–water partition coefficient (Wildman–Crippen LogP) is 2.82. The van der Waals surface area contributed by atoms with Crippen molar-refractivity contribution in [2.24, 2.45) is 0 Å². The van der Waals surface area contributed by atoms with Crippen LogP contribution in [0.2, 0.25) is 0 Å². The van der Waals surface area contributed by atoms with Crippen molar-refractivity contribution in [3.63, 3.8) is 0 Å². The molecule has 0 bridgehead atoms. The topological polar surface area (TPSA) is 63.7 Å². The summed E-state index contributed by atoms with van der Waals surface area (Å²) in [6, 6.07) is 11.3. The quantitative estimate of drug-likeness (QED) is 0.906. The number of amides is 1. The van der Waals surface area contributed by atoms with Gasteiger partial charge in [0.1, 0.15) is 17.3 Å². The Balaban J connectivity index is 1.54. The normalized spacial score (nSPS) is 14.9. The van der Waals surface area contributed by atoms with Gasteiger partial charge in [-0.05, 0) is 43.2 Å². The lowest BCUT2D eigenvalue weighted by Gasteiger charge is -2.32. The molecule has 2 aromatic rings. The first kappa shape index (κ1) is 17.1. The fourth-order valence-electron chi connectivity index (χ4n) is 2.97. The Bertz CT molecular complexity index is 710. The first-order chi connectivity index (χ1) is 12.2. The van der Waals surface area contributed by atoms with Crippen LogP contribution in [0.15, 0.2) is 42.6 Å². The van der Waals surface area contributed by atoms with Gasteiger partial charge in [0.2, 0.25) is 0 Å². The van der Waals surface area contributed by atoms with Gasteiger partial charge < -0.3 is 19.7 Å². The zero-order chi connectivity index (χ0) is 17.6. The maximum absolute atomic E-state index is 12.6. The van der Waals surface area contributed by atoms with Crippen molar-refractivity contribution in [2.75, 3.05) is 32.6 Å². The van der Waals surface area contributed by atoms with E-state index in [2.05, 4.69) is 10.3 Å². The van der Waals surface area contributed by atoms with E-state index < -0.39 is 0 Å². The third kappa shape index (κ3) is 4.21. The van der Waals surface area contributed by atoms with Crippen molar-refractivity contribution in [3.05, 3.63) is 48.2 Å². The summed E-state index contributed by atoms with van der Waals surface area (Å²) in [4.78, 5) is 18.8. The second kappa shape index (κ2) is 7.88. The van der Waals surface area contributed by atoms with Crippen molar-refractivity contribution in [1.29, 1.82) is 0 Å². The third-order valence-electron chi connectivity index (χ3n) is 4.44. The molecule has 1 aromatic heterocycles. The number of piperidine rings is 1. The van der Waals surface area contributed by atoms with Crippen LogP contribution in [-0.2, 0) is 0 Å². The first-order valence-corrected chi connectivity index (χ1v) is 8.39. The Morgan fingerprint density at radius 2 is 1.76 bits per heavy atom. The van der Waals surface area contributed by atoms with Crippen molar-refractivity contribution < 1.29 is 14.3 Å². The molecule has 1 aromatic carbocycles. The maximum atomic E-state index is 12.6. The smallest absolute Gasteiger partial charge is 0.253 e. The Labute approximate surface area is 147 Å². The molecule has 0 radical (unpaired) electrons. The van der Waals surface area contributed by atoms with Gasteiger partial charge in [-0.1, -0.05) is 0 Å². The van der Waals surface area contributed by atoms with Crippen LogP contribution in [0.4, 0.5) is 5.82 Å². The largest absolute Gasteiger partial charge is 0.497 e. The summed E-state index contributed by atoms with van der Waals surface area (Å²) >= 11 is 0. The average molecular weight is 341 g/mol. The fraction of sp³-hybridized carbons (Fsp3) is 0.368. The van der Waals surface area contributed by atoms with E-state index in [9.17, 15) is 4.79 Å². The summed E-state index contributed by atoms with van der Waals surface area (Å²) in [6.07, 6.45) is 3.51. The minimum atomic E-state index is 0.0700. The number of anilines is 1. The van der Waals surface area contributed by atoms with Crippen LogP contribution in [0.5, 0.6) is 11.5 Å². The molecule has 1 N–H and O–H groups in total. The Kier molecular flexibility index (Phi) is 5.38. The van der Waals surface area contributed by atoms with Gasteiger partial charge in [0.05, 0.1) is 14.2 Å². The highest BCUT2D eigenvalue weighted by molar-refractivity contribution is 5.94. The van der Waals surface area contributed by atoms with Crippen LogP contribution in [0.3, 0.4) is 0 Å². The number of carbonyl (C=O) groups is 1. The van der Waals surface area contributed by atoms with Gasteiger partial charge in [-0.3, -0.25) is 4.79 Å². The second-order valence-electron chi connectivity index (χ2n) is 6.02. The molecular weight excluding hydrogens is 318 g/mol. The highest BCUT2D eigenvalue weighted by Crippen LogP contribution is 2.20. The van der Waals surface area contributed by atoms with Gasteiger partial charge in [-0.15, -0.1) is 0 Å². The fourth-order valence-corrected chi connectivity index (χ4v) is 2.97. The average Bonchev–Trinajstić information content (AvgIpc) is 2.68. The maximum Gasteiger partial charge on any atom is 0.253 e. The van der Waals surface area contributed by atoms with Crippen LogP contribution >= 0.6 is 0 Å². The molecular formula is C19H23N3O3. The lowest BCUT2D eigenvalue weighted by atomic mass is 10.0. The number of likely N-dealkylation sites (tertiary alicyclic amines) is 1. The van der Waals surface area contributed by atoms with Gasteiger partial charge in [-0.25, -0.2) is 4.98 Å². The highest BCUT2D eigenvalue weighted by Gasteiger charge is 2.23. The molecule has 1 aliphatic heterocycles. The monoisotopic (exact) mass is 341 g/mol. The van der Waals surface area contributed by atoms with E-state index >= 15 is 0 Å². The number of benzene rings is 1. The minimum Gasteiger partial charge on any atom is -0.497 e. The van der Waals surface area contributed by atoms with Crippen LogP contribution < -0.4 is 14.8 Å². The number of aromatic nitrogens is 1. The number of nitrogens with one attached hydrogen (secondary N) is 1. The molecule has 0 unspecified atom stereocenters.